The molecule has 0 saturated heterocycles. The number of rotatable bonds is 4. The topological polar surface area (TPSA) is 82.3 Å². The molecule has 1 unspecified atom stereocenters. The molecule has 2 saturated carbocycles. The van der Waals surface area contributed by atoms with Crippen molar-refractivity contribution in [3.63, 3.8) is 0 Å². The molecule has 0 aliphatic heterocycles. The zero-order valence-corrected chi connectivity index (χ0v) is 14.2. The van der Waals surface area contributed by atoms with Crippen molar-refractivity contribution in [1.29, 1.82) is 0 Å². The summed E-state index contributed by atoms with van der Waals surface area (Å²) in [6, 6.07) is 5.72. The minimum Gasteiger partial charge on any atom is -0.455 e. The van der Waals surface area contributed by atoms with Gasteiger partial charge in [0.1, 0.15) is 11.6 Å². The van der Waals surface area contributed by atoms with Gasteiger partial charge >= 0.3 is 5.97 Å². The van der Waals surface area contributed by atoms with E-state index in [1.54, 1.807) is 12.1 Å². The second kappa shape index (κ2) is 6.97. The number of hydrogen-bond acceptors (Lipinski definition) is 6. The molecule has 0 amide bonds. The molecule has 2 aromatic rings. The summed E-state index contributed by atoms with van der Waals surface area (Å²) < 4.78 is 23.4. The number of hydrogen-bond donors (Lipinski definition) is 0. The van der Waals surface area contributed by atoms with Crippen LogP contribution in [0.1, 0.15) is 38.0 Å². The Labute approximate surface area is 149 Å². The molecule has 2 aliphatic carbocycles. The van der Waals surface area contributed by atoms with Gasteiger partial charge in [-0.25, -0.2) is 4.39 Å². The fourth-order valence-electron chi connectivity index (χ4n) is 3.95. The van der Waals surface area contributed by atoms with Gasteiger partial charge in [-0.15, -0.1) is 0 Å². The monoisotopic (exact) mass is 358 g/mol. The number of esters is 1. The van der Waals surface area contributed by atoms with E-state index in [1.165, 1.54) is 12.1 Å². The lowest BCUT2D eigenvalue weighted by Gasteiger charge is -2.36. The van der Waals surface area contributed by atoms with E-state index >= 15 is 0 Å². The third-order valence-electron chi connectivity index (χ3n) is 5.29. The van der Waals surface area contributed by atoms with Crippen LogP contribution in [0.5, 0.6) is 0 Å². The Balaban J connectivity index is 1.35. The molecule has 0 spiro atoms. The first-order valence-electron chi connectivity index (χ1n) is 8.89. The van der Waals surface area contributed by atoms with Gasteiger partial charge in [-0.1, -0.05) is 11.6 Å². The molecule has 2 fully saturated rings. The number of carbonyl (C=O) groups excluding carboxylic acids is 2. The van der Waals surface area contributed by atoms with Crippen molar-refractivity contribution in [2.24, 2.45) is 17.8 Å². The van der Waals surface area contributed by atoms with E-state index in [4.69, 9.17) is 9.26 Å². The van der Waals surface area contributed by atoms with Gasteiger partial charge in [0.25, 0.3) is 5.89 Å². The van der Waals surface area contributed by atoms with Crippen molar-refractivity contribution in [3.8, 4) is 11.4 Å². The molecule has 26 heavy (non-hydrogen) atoms. The standard InChI is InChI=1S/C19H19FN2O4/c20-15-6-4-11(5-7-15)18-21-16(26-22-18)10-25-19(24)14-8-12-2-1-3-13(9-14)17(12)23/h4-7,12-14H,1-3,8-10H2/t12-,13+,14?. The Bertz CT molecular complexity index is 801. The second-order valence-electron chi connectivity index (χ2n) is 7.02. The number of benzene rings is 1. The van der Waals surface area contributed by atoms with Gasteiger partial charge in [-0.2, -0.15) is 4.98 Å². The third-order valence-corrected chi connectivity index (χ3v) is 5.29. The van der Waals surface area contributed by atoms with Crippen LogP contribution in [0.3, 0.4) is 0 Å². The van der Waals surface area contributed by atoms with E-state index in [2.05, 4.69) is 10.1 Å². The van der Waals surface area contributed by atoms with Gasteiger partial charge in [-0.3, -0.25) is 9.59 Å². The molecule has 1 heterocycles. The van der Waals surface area contributed by atoms with E-state index in [-0.39, 0.29) is 42.0 Å². The van der Waals surface area contributed by atoms with E-state index in [1.807, 2.05) is 0 Å². The summed E-state index contributed by atoms with van der Waals surface area (Å²) in [5, 5.41) is 3.82. The van der Waals surface area contributed by atoms with Crippen molar-refractivity contribution < 1.29 is 23.2 Å². The Morgan fingerprint density at radius 2 is 1.88 bits per heavy atom. The number of halogens is 1. The highest BCUT2D eigenvalue weighted by molar-refractivity contribution is 5.87. The Morgan fingerprint density at radius 3 is 2.58 bits per heavy atom. The van der Waals surface area contributed by atoms with Gasteiger partial charge in [0.05, 0.1) is 5.92 Å². The summed E-state index contributed by atoms with van der Waals surface area (Å²) in [7, 11) is 0. The number of aromatic nitrogens is 2. The average Bonchev–Trinajstić information content (AvgIpc) is 3.09. The molecule has 1 aromatic carbocycles. The van der Waals surface area contributed by atoms with Gasteiger partial charge in [0.2, 0.25) is 5.82 Å². The Morgan fingerprint density at radius 1 is 1.19 bits per heavy atom. The molecule has 6 nitrogen and oxygen atoms in total. The Kier molecular flexibility index (Phi) is 4.53. The van der Waals surface area contributed by atoms with Crippen molar-refractivity contribution >= 4 is 11.8 Å². The van der Waals surface area contributed by atoms with Crippen LogP contribution in [-0.2, 0) is 20.9 Å². The van der Waals surface area contributed by atoms with Crippen LogP contribution >= 0.6 is 0 Å². The van der Waals surface area contributed by atoms with Crippen LogP contribution in [-0.4, -0.2) is 21.9 Å². The molecule has 3 atom stereocenters. The molecule has 0 radical (unpaired) electrons. The van der Waals surface area contributed by atoms with E-state index in [9.17, 15) is 14.0 Å². The smallest absolute Gasteiger partial charge is 0.309 e. The minimum atomic E-state index is -0.345. The molecular formula is C19H19FN2O4. The maximum absolute atomic E-state index is 13.0. The van der Waals surface area contributed by atoms with Gasteiger partial charge in [0.15, 0.2) is 6.61 Å². The fourth-order valence-corrected chi connectivity index (χ4v) is 3.95. The average molecular weight is 358 g/mol. The zero-order chi connectivity index (χ0) is 18.1. The minimum absolute atomic E-state index is 0.00790. The molecule has 1 aromatic heterocycles. The van der Waals surface area contributed by atoms with Crippen molar-refractivity contribution in [3.05, 3.63) is 36.0 Å². The highest BCUT2D eigenvalue weighted by Crippen LogP contribution is 2.40. The van der Waals surface area contributed by atoms with E-state index in [0.717, 1.165) is 19.3 Å². The maximum Gasteiger partial charge on any atom is 0.309 e. The summed E-state index contributed by atoms with van der Waals surface area (Å²) in [6.45, 7) is -0.104. The summed E-state index contributed by atoms with van der Waals surface area (Å²) in [5.74, 6) is -0.0534. The SMILES string of the molecule is O=C(OCc1nc(-c2ccc(F)cc2)no1)C1C[C@H]2CCC[C@@H](C1)C2=O. The fraction of sp³-hybridized carbons (Fsp3) is 0.474. The first-order valence-corrected chi connectivity index (χ1v) is 8.89. The van der Waals surface area contributed by atoms with Gasteiger partial charge < -0.3 is 9.26 Å². The lowest BCUT2D eigenvalue weighted by molar-refractivity contribution is -0.155. The van der Waals surface area contributed by atoms with Crippen LogP contribution in [0.2, 0.25) is 0 Å². The third kappa shape index (κ3) is 3.38. The Hall–Kier alpha value is -2.57. The number of Topliss-reactive ketones (excluding diaryl/α,β-unsaturated/α-hetero) is 1. The summed E-state index contributed by atoms with van der Waals surface area (Å²) in [5.41, 5.74) is 0.617. The van der Waals surface area contributed by atoms with Crippen LogP contribution in [0.25, 0.3) is 11.4 Å². The highest BCUT2D eigenvalue weighted by atomic mass is 19.1. The number of nitrogens with zero attached hydrogens (tertiary/aromatic N) is 2. The number of fused-ring (bicyclic) bond motifs is 2. The largest absolute Gasteiger partial charge is 0.455 e. The van der Waals surface area contributed by atoms with Crippen molar-refractivity contribution in [2.45, 2.75) is 38.7 Å². The van der Waals surface area contributed by atoms with E-state index < -0.39 is 0 Å². The predicted octanol–water partition coefficient (Wildman–Crippen LogP) is 3.31. The van der Waals surface area contributed by atoms with Crippen LogP contribution < -0.4 is 0 Å². The molecule has 2 aliphatic rings. The molecular weight excluding hydrogens is 339 g/mol. The van der Waals surface area contributed by atoms with E-state index in [0.29, 0.717) is 30.0 Å². The quantitative estimate of drug-likeness (QED) is 0.780. The normalized spacial score (nSPS) is 25.1. The molecule has 0 N–H and O–H groups in total. The second-order valence-corrected chi connectivity index (χ2v) is 7.02. The molecule has 7 heteroatoms. The number of carbonyl (C=O) groups is 2. The lowest BCUT2D eigenvalue weighted by atomic mass is 9.67. The van der Waals surface area contributed by atoms with Crippen molar-refractivity contribution in [2.75, 3.05) is 0 Å². The summed E-state index contributed by atoms with van der Waals surface area (Å²) >= 11 is 0. The molecule has 136 valence electrons. The van der Waals surface area contributed by atoms with Gasteiger partial charge in [0, 0.05) is 17.4 Å². The van der Waals surface area contributed by atoms with Crippen LogP contribution in [0, 0.1) is 23.6 Å². The number of ether oxygens (including phenoxy) is 1. The van der Waals surface area contributed by atoms with Crippen LogP contribution in [0.4, 0.5) is 4.39 Å². The zero-order valence-electron chi connectivity index (χ0n) is 14.2. The van der Waals surface area contributed by atoms with Crippen LogP contribution in [0.15, 0.2) is 28.8 Å². The lowest BCUT2D eigenvalue weighted by Crippen LogP contribution is -2.39. The van der Waals surface area contributed by atoms with Crippen molar-refractivity contribution in [1.82, 2.24) is 10.1 Å². The number of ketones is 1. The maximum atomic E-state index is 13.0. The summed E-state index contributed by atoms with van der Waals surface area (Å²) in [6.07, 6.45) is 3.99. The first-order chi connectivity index (χ1) is 12.6. The molecule has 2 bridgehead atoms. The summed E-state index contributed by atoms with van der Waals surface area (Å²) in [4.78, 5) is 28.6. The highest BCUT2D eigenvalue weighted by Gasteiger charge is 2.41. The first kappa shape index (κ1) is 16.9. The predicted molar refractivity (Wildman–Crippen MR) is 88.1 cm³/mol. The van der Waals surface area contributed by atoms with Gasteiger partial charge in [-0.05, 0) is 49.9 Å². The molecule has 4 rings (SSSR count).